The quantitative estimate of drug-likeness (QED) is 0.504. The highest BCUT2D eigenvalue weighted by Gasteiger charge is 2.57. The van der Waals surface area contributed by atoms with Crippen LogP contribution in [-0.4, -0.2) is 25.1 Å². The summed E-state index contributed by atoms with van der Waals surface area (Å²) in [7, 11) is 1.50. The fraction of sp³-hybridized carbons (Fsp3) is 0.680. The third-order valence-corrected chi connectivity index (χ3v) is 8.24. The number of furan rings is 1. The fourth-order valence-electron chi connectivity index (χ4n) is 6.41. The van der Waals surface area contributed by atoms with Gasteiger partial charge in [-0.1, -0.05) is 25.5 Å². The van der Waals surface area contributed by atoms with Crippen LogP contribution < -0.4 is 10.4 Å². The lowest BCUT2D eigenvalue weighted by molar-refractivity contribution is -0.696. The lowest BCUT2D eigenvalue weighted by Gasteiger charge is -2.57. The molecule has 0 aliphatic heterocycles. The SMILES string of the molecule is C=C1CC[C@@H]2[C@](C)(CCC[C@@]2(C)C(=O)OC)[C@@H]1CCc1ccoc1C[NH2+][C@@H](C)C(=O)[O-]. The van der Waals surface area contributed by atoms with Crippen molar-refractivity contribution >= 4 is 11.9 Å². The zero-order valence-electron chi connectivity index (χ0n) is 19.4. The van der Waals surface area contributed by atoms with Gasteiger partial charge in [0.15, 0.2) is 5.76 Å². The molecule has 2 fully saturated rings. The van der Waals surface area contributed by atoms with Gasteiger partial charge in [0.05, 0.1) is 24.8 Å². The van der Waals surface area contributed by atoms with Crippen molar-refractivity contribution in [3.63, 3.8) is 0 Å². The number of ether oxygens (including phenoxy) is 1. The van der Waals surface area contributed by atoms with Gasteiger partial charge in [-0.2, -0.15) is 0 Å². The van der Waals surface area contributed by atoms with Gasteiger partial charge in [-0.3, -0.25) is 4.79 Å². The summed E-state index contributed by atoms with van der Waals surface area (Å²) >= 11 is 0. The van der Waals surface area contributed by atoms with E-state index in [9.17, 15) is 14.7 Å². The minimum atomic E-state index is -1.07. The van der Waals surface area contributed by atoms with Gasteiger partial charge in [0.25, 0.3) is 0 Å². The molecule has 5 atom stereocenters. The van der Waals surface area contributed by atoms with Crippen molar-refractivity contribution in [3.8, 4) is 0 Å². The molecule has 1 aromatic rings. The van der Waals surface area contributed by atoms with Crippen molar-refractivity contribution < 1.29 is 29.2 Å². The number of aliphatic carboxylic acids is 1. The number of nitrogens with two attached hydrogens (primary N) is 1. The van der Waals surface area contributed by atoms with E-state index in [4.69, 9.17) is 9.15 Å². The van der Waals surface area contributed by atoms with Crippen LogP contribution in [0.25, 0.3) is 0 Å². The van der Waals surface area contributed by atoms with Crippen LogP contribution in [0.4, 0.5) is 0 Å². The molecule has 2 saturated carbocycles. The largest absolute Gasteiger partial charge is 0.544 e. The van der Waals surface area contributed by atoms with Crippen molar-refractivity contribution in [3.05, 3.63) is 35.8 Å². The van der Waals surface area contributed by atoms with Gasteiger partial charge in [-0.25, -0.2) is 0 Å². The van der Waals surface area contributed by atoms with E-state index in [1.807, 2.05) is 6.07 Å². The molecule has 0 amide bonds. The van der Waals surface area contributed by atoms with E-state index >= 15 is 0 Å². The van der Waals surface area contributed by atoms with Gasteiger partial charge < -0.3 is 24.4 Å². The number of hydrogen-bond donors (Lipinski definition) is 1. The second-order valence-corrected chi connectivity index (χ2v) is 10.0. The molecule has 0 bridgehead atoms. The molecule has 0 radical (unpaired) electrons. The summed E-state index contributed by atoms with van der Waals surface area (Å²) in [6.07, 6.45) is 8.43. The van der Waals surface area contributed by atoms with Gasteiger partial charge in [0.2, 0.25) is 0 Å². The molecule has 2 aliphatic rings. The number of rotatable bonds is 8. The minimum absolute atomic E-state index is 0.0238. The first kappa shape index (κ1) is 23.6. The van der Waals surface area contributed by atoms with Gasteiger partial charge in [-0.05, 0) is 81.3 Å². The van der Waals surface area contributed by atoms with Crippen LogP contribution >= 0.6 is 0 Å². The molecule has 0 unspecified atom stereocenters. The molecular formula is C25H37NO5. The van der Waals surface area contributed by atoms with Crippen LogP contribution in [-0.2, 0) is 27.3 Å². The fourth-order valence-corrected chi connectivity index (χ4v) is 6.41. The second kappa shape index (κ2) is 9.19. The molecular weight excluding hydrogens is 394 g/mol. The Morgan fingerprint density at radius 1 is 1.39 bits per heavy atom. The maximum atomic E-state index is 12.7. The van der Waals surface area contributed by atoms with Gasteiger partial charge in [0, 0.05) is 0 Å². The predicted molar refractivity (Wildman–Crippen MR) is 115 cm³/mol. The summed E-state index contributed by atoms with van der Waals surface area (Å²) in [5.74, 6) is 0.294. The zero-order valence-corrected chi connectivity index (χ0v) is 19.4. The average molecular weight is 432 g/mol. The number of aryl methyl sites for hydroxylation is 1. The number of carbonyl (C=O) groups excluding carboxylic acids is 2. The number of carboxylic acid groups (broad SMARTS) is 1. The smallest absolute Gasteiger partial charge is 0.311 e. The van der Waals surface area contributed by atoms with Gasteiger partial charge >= 0.3 is 5.97 Å². The highest BCUT2D eigenvalue weighted by molar-refractivity contribution is 5.77. The van der Waals surface area contributed by atoms with Crippen LogP contribution in [0.3, 0.4) is 0 Å². The molecule has 2 aliphatic carbocycles. The van der Waals surface area contributed by atoms with E-state index in [0.29, 0.717) is 12.5 Å². The van der Waals surface area contributed by atoms with Gasteiger partial charge in [-0.15, -0.1) is 0 Å². The van der Waals surface area contributed by atoms with Crippen molar-refractivity contribution in [2.24, 2.45) is 22.7 Å². The number of carboxylic acids is 1. The standard InChI is InChI=1S/C25H37NO5/c1-16-7-10-21-24(3,12-6-13-25(21,4)23(29)30-5)19(16)9-8-18-11-14-31-20(18)15-26-17(2)22(27)28/h11,14,17,19,21,26H,1,6-10,12-13,15H2,2-5H3,(H,27,28)/t17-,19+,21+,24+,25+/m0/s1. The lowest BCUT2D eigenvalue weighted by Crippen LogP contribution is -2.90. The van der Waals surface area contributed by atoms with E-state index < -0.39 is 17.4 Å². The predicted octanol–water partition coefficient (Wildman–Crippen LogP) is 2.37. The minimum Gasteiger partial charge on any atom is -0.544 e. The maximum Gasteiger partial charge on any atom is 0.311 e. The summed E-state index contributed by atoms with van der Waals surface area (Å²) in [6, 6.07) is 1.37. The first-order valence-corrected chi connectivity index (χ1v) is 11.5. The average Bonchev–Trinajstić information content (AvgIpc) is 3.17. The molecule has 1 heterocycles. The molecule has 6 nitrogen and oxygen atoms in total. The molecule has 31 heavy (non-hydrogen) atoms. The number of methoxy groups -OCH3 is 1. The Bertz CT molecular complexity index is 830. The Morgan fingerprint density at radius 2 is 2.13 bits per heavy atom. The normalized spacial score (nSPS) is 31.7. The van der Waals surface area contributed by atoms with Crippen molar-refractivity contribution in [1.82, 2.24) is 0 Å². The molecule has 0 saturated heterocycles. The monoisotopic (exact) mass is 431 g/mol. The zero-order chi connectivity index (χ0) is 22.8. The molecule has 3 rings (SSSR count). The number of carbonyl (C=O) groups is 2. The van der Waals surface area contributed by atoms with E-state index in [2.05, 4.69) is 20.4 Å². The second-order valence-electron chi connectivity index (χ2n) is 10.0. The van der Waals surface area contributed by atoms with Crippen LogP contribution in [0.5, 0.6) is 0 Å². The number of esters is 1. The van der Waals surface area contributed by atoms with Crippen LogP contribution in [0.1, 0.15) is 70.6 Å². The third-order valence-electron chi connectivity index (χ3n) is 8.24. The first-order valence-electron chi connectivity index (χ1n) is 11.5. The summed E-state index contributed by atoms with van der Waals surface area (Å²) in [5.41, 5.74) is 2.00. The molecule has 0 aromatic carbocycles. The molecule has 0 spiro atoms. The Morgan fingerprint density at radius 3 is 2.81 bits per heavy atom. The Kier molecular flexibility index (Phi) is 6.99. The topological polar surface area (TPSA) is 96.2 Å². The Labute approximate surface area is 185 Å². The van der Waals surface area contributed by atoms with Crippen molar-refractivity contribution in [1.29, 1.82) is 0 Å². The highest BCUT2D eigenvalue weighted by atomic mass is 16.5. The number of hydrogen-bond acceptors (Lipinski definition) is 5. The first-order chi connectivity index (χ1) is 14.6. The third kappa shape index (κ3) is 4.45. The Balaban J connectivity index is 1.75. The molecule has 172 valence electrons. The summed E-state index contributed by atoms with van der Waals surface area (Å²) in [4.78, 5) is 23.7. The lowest BCUT2D eigenvalue weighted by atomic mass is 9.46. The number of allylic oxidation sites excluding steroid dienone is 1. The van der Waals surface area contributed by atoms with E-state index in [1.54, 1.807) is 18.5 Å². The summed E-state index contributed by atoms with van der Waals surface area (Å²) < 4.78 is 10.9. The van der Waals surface area contributed by atoms with Crippen molar-refractivity contribution in [2.45, 2.75) is 78.3 Å². The van der Waals surface area contributed by atoms with Crippen molar-refractivity contribution in [2.75, 3.05) is 7.11 Å². The number of quaternary nitrogens is 1. The van der Waals surface area contributed by atoms with E-state index in [0.717, 1.165) is 56.3 Å². The van der Waals surface area contributed by atoms with E-state index in [-0.39, 0.29) is 17.3 Å². The van der Waals surface area contributed by atoms with Gasteiger partial charge in [0.1, 0.15) is 12.6 Å². The van der Waals surface area contributed by atoms with E-state index in [1.165, 1.54) is 12.7 Å². The summed E-state index contributed by atoms with van der Waals surface area (Å²) in [6.45, 7) is 11.0. The number of fused-ring (bicyclic) bond motifs is 1. The van der Waals surface area contributed by atoms with Crippen LogP contribution in [0.2, 0.25) is 0 Å². The Hall–Kier alpha value is -2.08. The summed E-state index contributed by atoms with van der Waals surface area (Å²) in [5, 5.41) is 12.7. The van der Waals surface area contributed by atoms with Crippen LogP contribution in [0, 0.1) is 22.7 Å². The molecule has 1 aromatic heterocycles. The van der Waals surface area contributed by atoms with Crippen LogP contribution in [0.15, 0.2) is 28.9 Å². The molecule has 6 heteroatoms. The highest BCUT2D eigenvalue weighted by Crippen LogP contribution is 2.62. The molecule has 2 N–H and O–H groups in total. The maximum absolute atomic E-state index is 12.7.